The van der Waals surface area contributed by atoms with E-state index in [-0.39, 0.29) is 18.5 Å². The predicted octanol–water partition coefficient (Wildman–Crippen LogP) is 3.45. The quantitative estimate of drug-likeness (QED) is 0.574. The number of anilines is 2. The maximum Gasteiger partial charge on any atom is 0.426 e. The van der Waals surface area contributed by atoms with Crippen LogP contribution in [0.3, 0.4) is 0 Å². The minimum Gasteiger partial charge on any atom is -0.481 e. The van der Waals surface area contributed by atoms with E-state index in [9.17, 15) is 31.5 Å². The van der Waals surface area contributed by atoms with E-state index in [1.165, 1.54) is 25.4 Å². The molecule has 14 heteroatoms. The average Bonchev–Trinajstić information content (AvgIpc) is 2.64. The number of alkyl halides is 3. The van der Waals surface area contributed by atoms with E-state index in [2.05, 4.69) is 9.71 Å². The predicted molar refractivity (Wildman–Crippen MR) is 103 cm³/mol. The smallest absolute Gasteiger partial charge is 0.426 e. The third-order valence-corrected chi connectivity index (χ3v) is 6.19. The molecule has 3 N–H and O–H groups in total. The number of rotatable bonds is 6. The van der Waals surface area contributed by atoms with Gasteiger partial charge in [-0.05, 0) is 25.1 Å². The summed E-state index contributed by atoms with van der Waals surface area (Å²) in [6, 6.07) is 4.62. The molecule has 1 aromatic carbocycles. The Labute approximate surface area is 179 Å². The van der Waals surface area contributed by atoms with Gasteiger partial charge in [0.05, 0.1) is 34.7 Å². The maximum absolute atomic E-state index is 12.8. The van der Waals surface area contributed by atoms with Crippen molar-refractivity contribution in [3.05, 3.63) is 40.5 Å². The van der Waals surface area contributed by atoms with Crippen molar-refractivity contribution in [2.75, 3.05) is 17.1 Å². The fourth-order valence-electron chi connectivity index (χ4n) is 1.98. The van der Waals surface area contributed by atoms with Crippen LogP contribution in [0.2, 0.25) is 10.0 Å². The number of aliphatic hydroxyl groups is 1. The second-order valence-electron chi connectivity index (χ2n) is 5.96. The molecule has 1 amide bonds. The van der Waals surface area contributed by atoms with E-state index < -0.39 is 48.3 Å². The van der Waals surface area contributed by atoms with Crippen LogP contribution < -0.4 is 14.8 Å². The number of hydrogen-bond donors (Lipinski definition) is 3. The Hall–Kier alpha value is -2.28. The zero-order chi connectivity index (χ0) is 22.9. The zero-order valence-corrected chi connectivity index (χ0v) is 17.5. The average molecular weight is 488 g/mol. The number of nitrogens with one attached hydrogen (secondary N) is 2. The van der Waals surface area contributed by atoms with Gasteiger partial charge in [0.15, 0.2) is 0 Å². The molecule has 2 rings (SSSR count). The molecular formula is C16H14Cl2F3N3O5S. The van der Waals surface area contributed by atoms with Gasteiger partial charge in [-0.25, -0.2) is 13.4 Å². The van der Waals surface area contributed by atoms with Gasteiger partial charge in [0.2, 0.25) is 11.5 Å². The first kappa shape index (κ1) is 24.0. The number of pyridine rings is 1. The number of carbonyl (C=O) groups is 1. The summed E-state index contributed by atoms with van der Waals surface area (Å²) in [5.74, 6) is -1.58. The van der Waals surface area contributed by atoms with Crippen molar-refractivity contribution in [3.63, 3.8) is 0 Å². The topological polar surface area (TPSA) is 118 Å². The Morgan fingerprint density at radius 1 is 1.17 bits per heavy atom. The number of amides is 1. The maximum atomic E-state index is 12.8. The minimum absolute atomic E-state index is 0.0709. The Morgan fingerprint density at radius 3 is 2.30 bits per heavy atom. The number of nitrogens with zero attached hydrogens (tertiary/aromatic N) is 1. The van der Waals surface area contributed by atoms with Crippen molar-refractivity contribution in [1.82, 2.24) is 4.98 Å². The molecule has 1 unspecified atom stereocenters. The first-order valence-corrected chi connectivity index (χ1v) is 10.1. The summed E-state index contributed by atoms with van der Waals surface area (Å²) >= 11 is 11.9. The summed E-state index contributed by atoms with van der Waals surface area (Å²) in [6.45, 7) is 0.253. The summed E-state index contributed by atoms with van der Waals surface area (Å²) in [5.41, 5.74) is -4.07. The third kappa shape index (κ3) is 4.89. The highest BCUT2D eigenvalue weighted by atomic mass is 35.5. The number of carbonyl (C=O) groups excluding carboxylic acids is 1. The molecule has 0 aliphatic heterocycles. The molecule has 1 atom stereocenters. The van der Waals surface area contributed by atoms with Crippen LogP contribution in [-0.4, -0.2) is 43.3 Å². The minimum atomic E-state index is -5.26. The molecule has 0 saturated carbocycles. The monoisotopic (exact) mass is 487 g/mol. The number of aromatic nitrogens is 1. The van der Waals surface area contributed by atoms with Gasteiger partial charge in [0, 0.05) is 6.07 Å². The third-order valence-electron chi connectivity index (χ3n) is 3.78. The molecule has 0 saturated heterocycles. The largest absolute Gasteiger partial charge is 0.481 e. The lowest BCUT2D eigenvalue weighted by Crippen LogP contribution is -2.52. The van der Waals surface area contributed by atoms with Gasteiger partial charge >= 0.3 is 6.18 Å². The fraction of sp³-hybridized carbons (Fsp3) is 0.250. The molecule has 0 aliphatic carbocycles. The number of hydrogen-bond acceptors (Lipinski definition) is 6. The van der Waals surface area contributed by atoms with Crippen molar-refractivity contribution < 1.29 is 36.2 Å². The molecule has 0 radical (unpaired) electrons. The first-order chi connectivity index (χ1) is 13.7. The Morgan fingerprint density at radius 2 is 1.80 bits per heavy atom. The van der Waals surface area contributed by atoms with Crippen molar-refractivity contribution in [3.8, 4) is 5.88 Å². The molecule has 1 aromatic heterocycles. The second kappa shape index (κ2) is 8.46. The van der Waals surface area contributed by atoms with Crippen LogP contribution in [0.25, 0.3) is 0 Å². The fourth-order valence-corrected chi connectivity index (χ4v) is 3.84. The van der Waals surface area contributed by atoms with Crippen LogP contribution in [0.4, 0.5) is 24.5 Å². The summed E-state index contributed by atoms with van der Waals surface area (Å²) in [6.07, 6.45) is -4.08. The van der Waals surface area contributed by atoms with Crippen LogP contribution in [0.5, 0.6) is 5.88 Å². The molecule has 8 nitrogen and oxygen atoms in total. The number of ether oxygens (including phenoxy) is 1. The highest BCUT2D eigenvalue weighted by Gasteiger charge is 2.55. The first-order valence-electron chi connectivity index (χ1n) is 7.82. The Kier molecular flexibility index (Phi) is 6.76. The summed E-state index contributed by atoms with van der Waals surface area (Å²) in [4.78, 5) is 15.1. The summed E-state index contributed by atoms with van der Waals surface area (Å²) < 4.78 is 70.5. The molecule has 30 heavy (non-hydrogen) atoms. The van der Waals surface area contributed by atoms with E-state index >= 15 is 0 Å². The highest BCUT2D eigenvalue weighted by Crippen LogP contribution is 2.37. The molecule has 0 bridgehead atoms. The van der Waals surface area contributed by atoms with Gasteiger partial charge in [-0.15, -0.1) is 0 Å². The van der Waals surface area contributed by atoms with Crippen LogP contribution in [0.1, 0.15) is 6.92 Å². The van der Waals surface area contributed by atoms with Gasteiger partial charge in [0.25, 0.3) is 15.9 Å². The van der Waals surface area contributed by atoms with Gasteiger partial charge in [-0.3, -0.25) is 9.52 Å². The molecular weight excluding hydrogens is 474 g/mol. The Bertz CT molecular complexity index is 1060. The lowest BCUT2D eigenvalue weighted by Gasteiger charge is -2.25. The normalized spacial score (nSPS) is 14.0. The molecule has 164 valence electrons. The number of methoxy groups -OCH3 is 1. The van der Waals surface area contributed by atoms with E-state index in [1.54, 1.807) is 5.32 Å². The summed E-state index contributed by atoms with van der Waals surface area (Å²) in [5, 5.41) is 10.1. The molecule has 2 aromatic rings. The number of halogens is 5. The number of sulfonamides is 1. The lowest BCUT2D eigenvalue weighted by molar-refractivity contribution is -0.242. The van der Waals surface area contributed by atoms with Crippen LogP contribution in [0.15, 0.2) is 35.4 Å². The van der Waals surface area contributed by atoms with Crippen molar-refractivity contribution >= 4 is 50.5 Å². The van der Waals surface area contributed by atoms with Crippen molar-refractivity contribution in [2.45, 2.75) is 23.6 Å². The molecule has 1 heterocycles. The SMILES string of the molecule is COc1ccc(NS(=O)(=O)c2ccc(NC(=O)C(C)(O)C(F)(F)F)c(Cl)c2Cl)cn1. The van der Waals surface area contributed by atoms with Gasteiger partial charge < -0.3 is 15.2 Å². The van der Waals surface area contributed by atoms with Crippen LogP contribution in [0, 0.1) is 0 Å². The van der Waals surface area contributed by atoms with Crippen molar-refractivity contribution in [2.24, 2.45) is 0 Å². The van der Waals surface area contributed by atoms with E-state index in [1.807, 2.05) is 0 Å². The lowest BCUT2D eigenvalue weighted by atomic mass is 10.1. The second-order valence-corrected chi connectivity index (χ2v) is 8.36. The standard InChI is InChI=1S/C16H14Cl2F3N3O5S/c1-15(26,16(19,20)21)14(25)23-9-4-5-10(13(18)12(9)17)30(27,28)24-8-3-6-11(29-2)22-7-8/h3-7,24,26H,1-2H3,(H,23,25). The highest BCUT2D eigenvalue weighted by molar-refractivity contribution is 7.92. The number of benzene rings is 1. The van der Waals surface area contributed by atoms with Gasteiger partial charge in [0.1, 0.15) is 4.90 Å². The van der Waals surface area contributed by atoms with E-state index in [4.69, 9.17) is 27.9 Å². The molecule has 0 aliphatic rings. The summed E-state index contributed by atoms with van der Waals surface area (Å²) in [7, 11) is -2.89. The molecule has 0 fully saturated rings. The zero-order valence-electron chi connectivity index (χ0n) is 15.2. The Balaban J connectivity index is 2.32. The van der Waals surface area contributed by atoms with Crippen LogP contribution in [-0.2, 0) is 14.8 Å². The van der Waals surface area contributed by atoms with E-state index in [0.717, 1.165) is 12.1 Å². The van der Waals surface area contributed by atoms with Crippen LogP contribution >= 0.6 is 23.2 Å². The van der Waals surface area contributed by atoms with Gasteiger partial charge in [-0.1, -0.05) is 23.2 Å². The van der Waals surface area contributed by atoms with Gasteiger partial charge in [-0.2, -0.15) is 13.2 Å². The molecule has 0 spiro atoms. The van der Waals surface area contributed by atoms with Crippen molar-refractivity contribution in [1.29, 1.82) is 0 Å². The van der Waals surface area contributed by atoms with E-state index in [0.29, 0.717) is 0 Å².